The first-order valence-electron chi connectivity index (χ1n) is 5.83. The topological polar surface area (TPSA) is 29.5 Å². The Balaban J connectivity index is 1.90. The standard InChI is InChI=1S/C13H16BrNO2/c1-10(16)17-13-6-8-15(9-7-13)12-4-2-11(14)3-5-12/h2-5,13H,6-9H2,1H3. The molecule has 0 saturated carbocycles. The predicted octanol–water partition coefficient (Wildman–Crippen LogP) is 2.98. The molecule has 0 aromatic heterocycles. The van der Waals surface area contributed by atoms with Gasteiger partial charge in [0.1, 0.15) is 6.10 Å². The molecule has 2 rings (SSSR count). The molecule has 0 unspecified atom stereocenters. The van der Waals surface area contributed by atoms with E-state index in [4.69, 9.17) is 4.74 Å². The van der Waals surface area contributed by atoms with Crippen molar-refractivity contribution in [2.24, 2.45) is 0 Å². The highest BCUT2D eigenvalue weighted by atomic mass is 79.9. The second-order valence-corrected chi connectivity index (χ2v) is 5.19. The SMILES string of the molecule is CC(=O)OC1CCN(c2ccc(Br)cc2)CC1. The molecule has 4 heteroatoms. The van der Waals surface area contributed by atoms with Crippen molar-refractivity contribution in [2.75, 3.05) is 18.0 Å². The van der Waals surface area contributed by atoms with E-state index in [1.807, 2.05) is 12.1 Å². The van der Waals surface area contributed by atoms with Crippen LogP contribution in [-0.4, -0.2) is 25.2 Å². The summed E-state index contributed by atoms with van der Waals surface area (Å²) >= 11 is 3.43. The average molecular weight is 298 g/mol. The van der Waals surface area contributed by atoms with Gasteiger partial charge in [0.25, 0.3) is 0 Å². The number of nitrogens with zero attached hydrogens (tertiary/aromatic N) is 1. The molecule has 1 aromatic rings. The lowest BCUT2D eigenvalue weighted by Gasteiger charge is -2.33. The molecule has 0 aliphatic carbocycles. The lowest BCUT2D eigenvalue weighted by Crippen LogP contribution is -2.37. The van der Waals surface area contributed by atoms with Crippen LogP contribution in [-0.2, 0) is 9.53 Å². The lowest BCUT2D eigenvalue weighted by atomic mass is 10.1. The maximum absolute atomic E-state index is 10.9. The van der Waals surface area contributed by atoms with Gasteiger partial charge in [-0.1, -0.05) is 15.9 Å². The Hall–Kier alpha value is -1.03. The minimum absolute atomic E-state index is 0.0965. The van der Waals surface area contributed by atoms with E-state index in [1.54, 1.807) is 0 Å². The van der Waals surface area contributed by atoms with E-state index in [2.05, 4.69) is 33.0 Å². The zero-order chi connectivity index (χ0) is 12.3. The molecule has 0 spiro atoms. The molecular weight excluding hydrogens is 282 g/mol. The zero-order valence-corrected chi connectivity index (χ0v) is 11.4. The third kappa shape index (κ3) is 3.46. The molecule has 0 atom stereocenters. The van der Waals surface area contributed by atoms with Gasteiger partial charge < -0.3 is 9.64 Å². The normalized spacial score (nSPS) is 16.9. The number of esters is 1. The first-order chi connectivity index (χ1) is 8.15. The van der Waals surface area contributed by atoms with E-state index in [0.29, 0.717) is 0 Å². The number of rotatable bonds is 2. The van der Waals surface area contributed by atoms with Crippen molar-refractivity contribution in [2.45, 2.75) is 25.9 Å². The van der Waals surface area contributed by atoms with Crippen molar-refractivity contribution in [3.8, 4) is 0 Å². The van der Waals surface area contributed by atoms with Gasteiger partial charge in [-0.05, 0) is 24.3 Å². The summed E-state index contributed by atoms with van der Waals surface area (Å²) < 4.78 is 6.31. The van der Waals surface area contributed by atoms with Crippen molar-refractivity contribution in [3.05, 3.63) is 28.7 Å². The first kappa shape index (κ1) is 12.4. The number of piperidine rings is 1. The molecule has 92 valence electrons. The zero-order valence-electron chi connectivity index (χ0n) is 9.86. The molecule has 0 bridgehead atoms. The van der Waals surface area contributed by atoms with Crippen LogP contribution in [0.2, 0.25) is 0 Å². The van der Waals surface area contributed by atoms with E-state index in [1.165, 1.54) is 12.6 Å². The Morgan fingerprint density at radius 2 is 1.88 bits per heavy atom. The van der Waals surface area contributed by atoms with Crippen molar-refractivity contribution < 1.29 is 9.53 Å². The number of carbonyl (C=O) groups excluding carboxylic acids is 1. The Morgan fingerprint density at radius 1 is 1.29 bits per heavy atom. The van der Waals surface area contributed by atoms with Gasteiger partial charge >= 0.3 is 5.97 Å². The Bertz CT molecular complexity index is 383. The lowest BCUT2D eigenvalue weighted by molar-refractivity contribution is -0.147. The van der Waals surface area contributed by atoms with Gasteiger partial charge in [-0.25, -0.2) is 0 Å². The van der Waals surface area contributed by atoms with E-state index in [0.717, 1.165) is 30.4 Å². The maximum Gasteiger partial charge on any atom is 0.302 e. The molecule has 1 aliphatic heterocycles. The second-order valence-electron chi connectivity index (χ2n) is 4.27. The molecular formula is C13H16BrNO2. The third-order valence-electron chi connectivity index (χ3n) is 2.97. The molecule has 1 aliphatic rings. The summed E-state index contributed by atoms with van der Waals surface area (Å²) in [5.74, 6) is -0.174. The summed E-state index contributed by atoms with van der Waals surface area (Å²) in [6.45, 7) is 3.36. The highest BCUT2D eigenvalue weighted by molar-refractivity contribution is 9.10. The molecule has 1 aromatic carbocycles. The van der Waals surface area contributed by atoms with Crippen molar-refractivity contribution in [3.63, 3.8) is 0 Å². The summed E-state index contributed by atoms with van der Waals surface area (Å²) in [4.78, 5) is 13.2. The van der Waals surface area contributed by atoms with Gasteiger partial charge in [-0.3, -0.25) is 4.79 Å². The van der Waals surface area contributed by atoms with E-state index in [9.17, 15) is 4.79 Å². The summed E-state index contributed by atoms with van der Waals surface area (Å²) in [6.07, 6.45) is 1.92. The van der Waals surface area contributed by atoms with Crippen LogP contribution >= 0.6 is 15.9 Å². The van der Waals surface area contributed by atoms with Gasteiger partial charge in [-0.2, -0.15) is 0 Å². The highest BCUT2D eigenvalue weighted by Crippen LogP contribution is 2.23. The third-order valence-corrected chi connectivity index (χ3v) is 3.50. The molecule has 0 radical (unpaired) electrons. The minimum Gasteiger partial charge on any atom is -0.462 e. The number of carbonyl (C=O) groups is 1. The second kappa shape index (κ2) is 5.54. The van der Waals surface area contributed by atoms with Gasteiger partial charge in [0, 0.05) is 43.0 Å². The molecule has 17 heavy (non-hydrogen) atoms. The van der Waals surface area contributed by atoms with Crippen LogP contribution in [0.4, 0.5) is 5.69 Å². The van der Waals surface area contributed by atoms with Crippen molar-refractivity contribution in [1.29, 1.82) is 0 Å². The number of halogens is 1. The first-order valence-corrected chi connectivity index (χ1v) is 6.62. The van der Waals surface area contributed by atoms with E-state index < -0.39 is 0 Å². The number of ether oxygens (including phenoxy) is 1. The monoisotopic (exact) mass is 297 g/mol. The van der Waals surface area contributed by atoms with Crippen LogP contribution < -0.4 is 4.90 Å². The van der Waals surface area contributed by atoms with Gasteiger partial charge in [-0.15, -0.1) is 0 Å². The largest absolute Gasteiger partial charge is 0.462 e. The molecule has 1 fully saturated rings. The summed E-state index contributed by atoms with van der Waals surface area (Å²) in [7, 11) is 0. The molecule has 1 saturated heterocycles. The number of benzene rings is 1. The summed E-state index contributed by atoms with van der Waals surface area (Å²) in [5, 5.41) is 0. The van der Waals surface area contributed by atoms with Crippen LogP contribution in [0.5, 0.6) is 0 Å². The van der Waals surface area contributed by atoms with Crippen molar-refractivity contribution >= 4 is 27.6 Å². The highest BCUT2D eigenvalue weighted by Gasteiger charge is 2.21. The Labute approximate surface area is 110 Å². The Kier molecular flexibility index (Phi) is 4.05. The van der Waals surface area contributed by atoms with Gasteiger partial charge in [0.05, 0.1) is 0 Å². The fraction of sp³-hybridized carbons (Fsp3) is 0.462. The Morgan fingerprint density at radius 3 is 2.41 bits per heavy atom. The van der Waals surface area contributed by atoms with Crippen LogP contribution in [0.15, 0.2) is 28.7 Å². The number of anilines is 1. The van der Waals surface area contributed by atoms with Gasteiger partial charge in [0.15, 0.2) is 0 Å². The van der Waals surface area contributed by atoms with Crippen LogP contribution in [0.3, 0.4) is 0 Å². The number of hydrogen-bond donors (Lipinski definition) is 0. The quantitative estimate of drug-likeness (QED) is 0.786. The predicted molar refractivity (Wildman–Crippen MR) is 71.1 cm³/mol. The number of hydrogen-bond acceptors (Lipinski definition) is 3. The fourth-order valence-electron chi connectivity index (χ4n) is 2.12. The smallest absolute Gasteiger partial charge is 0.302 e. The van der Waals surface area contributed by atoms with Crippen LogP contribution in [0, 0.1) is 0 Å². The van der Waals surface area contributed by atoms with Gasteiger partial charge in [0.2, 0.25) is 0 Å². The van der Waals surface area contributed by atoms with Crippen molar-refractivity contribution in [1.82, 2.24) is 0 Å². The molecule has 0 N–H and O–H groups in total. The summed E-state index contributed by atoms with van der Waals surface area (Å²) in [5.41, 5.74) is 1.23. The maximum atomic E-state index is 10.9. The van der Waals surface area contributed by atoms with E-state index >= 15 is 0 Å². The van der Waals surface area contributed by atoms with Crippen LogP contribution in [0.25, 0.3) is 0 Å². The minimum atomic E-state index is -0.174. The molecule has 1 heterocycles. The molecule has 0 amide bonds. The summed E-state index contributed by atoms with van der Waals surface area (Å²) in [6, 6.07) is 8.31. The average Bonchev–Trinajstić information content (AvgIpc) is 2.30. The molecule has 3 nitrogen and oxygen atoms in total. The fourth-order valence-corrected chi connectivity index (χ4v) is 2.38. The van der Waals surface area contributed by atoms with Crippen LogP contribution in [0.1, 0.15) is 19.8 Å². The van der Waals surface area contributed by atoms with E-state index in [-0.39, 0.29) is 12.1 Å².